The number of benzene rings is 1. The van der Waals surface area contributed by atoms with Crippen molar-refractivity contribution in [1.82, 2.24) is 10.3 Å². The SMILES string of the molecule is CC.CNCC(C)Cc1ccc2[nH]ccc2c1. The molecule has 0 aliphatic rings. The predicted octanol–water partition coefficient (Wildman–Crippen LogP) is 3.59. The van der Waals surface area contributed by atoms with Crippen LogP contribution in [0, 0.1) is 5.92 Å². The number of H-pyrrole nitrogens is 1. The zero-order valence-corrected chi connectivity index (χ0v) is 11.4. The molecule has 2 heteroatoms. The van der Waals surface area contributed by atoms with Gasteiger partial charge >= 0.3 is 0 Å². The van der Waals surface area contributed by atoms with Gasteiger partial charge in [-0.15, -0.1) is 0 Å². The van der Waals surface area contributed by atoms with Crippen LogP contribution in [0.5, 0.6) is 0 Å². The van der Waals surface area contributed by atoms with Crippen LogP contribution in [0.4, 0.5) is 0 Å². The lowest BCUT2D eigenvalue weighted by Crippen LogP contribution is -2.17. The van der Waals surface area contributed by atoms with Crippen LogP contribution in [0.25, 0.3) is 10.9 Å². The molecule has 0 bridgehead atoms. The van der Waals surface area contributed by atoms with Crippen molar-refractivity contribution in [1.29, 1.82) is 0 Å². The Morgan fingerprint density at radius 3 is 2.71 bits per heavy atom. The highest BCUT2D eigenvalue weighted by atomic mass is 14.8. The molecule has 0 saturated heterocycles. The van der Waals surface area contributed by atoms with Gasteiger partial charge in [-0.1, -0.05) is 26.8 Å². The van der Waals surface area contributed by atoms with Crippen molar-refractivity contribution in [3.63, 3.8) is 0 Å². The molecule has 1 heterocycles. The number of hydrogen-bond acceptors (Lipinski definition) is 1. The van der Waals surface area contributed by atoms with Crippen LogP contribution in [-0.2, 0) is 6.42 Å². The minimum Gasteiger partial charge on any atom is -0.361 e. The highest BCUT2D eigenvalue weighted by molar-refractivity contribution is 5.79. The summed E-state index contributed by atoms with van der Waals surface area (Å²) >= 11 is 0. The van der Waals surface area contributed by atoms with Crippen molar-refractivity contribution in [2.45, 2.75) is 27.2 Å². The van der Waals surface area contributed by atoms with E-state index in [4.69, 9.17) is 0 Å². The molecule has 0 aliphatic heterocycles. The molecule has 2 N–H and O–H groups in total. The molecular weight excluding hydrogens is 208 g/mol. The number of fused-ring (bicyclic) bond motifs is 1. The summed E-state index contributed by atoms with van der Waals surface area (Å²) in [6.07, 6.45) is 3.13. The molecule has 2 rings (SSSR count). The van der Waals surface area contributed by atoms with Crippen LogP contribution in [0.3, 0.4) is 0 Å². The Hall–Kier alpha value is -1.28. The summed E-state index contributed by atoms with van der Waals surface area (Å²) in [4.78, 5) is 3.21. The van der Waals surface area contributed by atoms with E-state index in [0.29, 0.717) is 5.92 Å². The fourth-order valence-electron chi connectivity index (χ4n) is 2.05. The van der Waals surface area contributed by atoms with Crippen molar-refractivity contribution in [3.05, 3.63) is 36.0 Å². The van der Waals surface area contributed by atoms with Crippen LogP contribution in [0.1, 0.15) is 26.3 Å². The second-order valence-corrected chi connectivity index (χ2v) is 4.27. The molecule has 0 spiro atoms. The van der Waals surface area contributed by atoms with Gasteiger partial charge in [0.1, 0.15) is 0 Å². The maximum atomic E-state index is 3.21. The average molecular weight is 232 g/mol. The van der Waals surface area contributed by atoms with Gasteiger partial charge in [0.25, 0.3) is 0 Å². The van der Waals surface area contributed by atoms with Crippen molar-refractivity contribution in [2.75, 3.05) is 13.6 Å². The lowest BCUT2D eigenvalue weighted by atomic mass is 10.0. The molecule has 1 unspecified atom stereocenters. The van der Waals surface area contributed by atoms with Crippen molar-refractivity contribution in [2.24, 2.45) is 5.92 Å². The third-order valence-electron chi connectivity index (χ3n) is 2.75. The summed E-state index contributed by atoms with van der Waals surface area (Å²) in [5.74, 6) is 0.686. The van der Waals surface area contributed by atoms with Gasteiger partial charge in [0.2, 0.25) is 0 Å². The highest BCUT2D eigenvalue weighted by Gasteiger charge is 2.03. The summed E-state index contributed by atoms with van der Waals surface area (Å²) in [6.45, 7) is 7.35. The zero-order chi connectivity index (χ0) is 12.7. The average Bonchev–Trinajstić information content (AvgIpc) is 2.79. The van der Waals surface area contributed by atoms with Gasteiger partial charge in [-0.2, -0.15) is 0 Å². The van der Waals surface area contributed by atoms with Crippen LogP contribution in [-0.4, -0.2) is 18.6 Å². The number of aromatic amines is 1. The summed E-state index contributed by atoms with van der Waals surface area (Å²) in [6, 6.07) is 8.78. The third kappa shape index (κ3) is 3.90. The molecular formula is C15H24N2. The van der Waals surface area contributed by atoms with E-state index in [1.54, 1.807) is 0 Å². The van der Waals surface area contributed by atoms with E-state index < -0.39 is 0 Å². The Bertz CT molecular complexity index is 431. The molecule has 0 amide bonds. The first kappa shape index (κ1) is 13.8. The molecule has 0 aliphatic carbocycles. The fraction of sp³-hybridized carbons (Fsp3) is 0.467. The monoisotopic (exact) mass is 232 g/mol. The van der Waals surface area contributed by atoms with Crippen molar-refractivity contribution >= 4 is 10.9 Å². The number of hydrogen-bond donors (Lipinski definition) is 2. The Morgan fingerprint density at radius 2 is 2.00 bits per heavy atom. The molecule has 0 radical (unpaired) electrons. The van der Waals surface area contributed by atoms with E-state index in [1.165, 1.54) is 16.5 Å². The minimum absolute atomic E-state index is 0.686. The van der Waals surface area contributed by atoms with Crippen LogP contribution < -0.4 is 5.32 Å². The number of aromatic nitrogens is 1. The first-order chi connectivity index (χ1) is 8.29. The molecule has 0 saturated carbocycles. The molecule has 1 atom stereocenters. The standard InChI is InChI=1S/C13H18N2.C2H6/c1-10(9-14-2)7-11-3-4-13-12(8-11)5-6-15-13;1-2/h3-6,8,10,14-15H,7,9H2,1-2H3;1-2H3. The second kappa shape index (κ2) is 7.13. The van der Waals surface area contributed by atoms with E-state index >= 15 is 0 Å². The van der Waals surface area contributed by atoms with E-state index in [9.17, 15) is 0 Å². The number of rotatable bonds is 4. The molecule has 1 aromatic carbocycles. The Labute approximate surface area is 104 Å². The molecule has 0 fully saturated rings. The first-order valence-electron chi connectivity index (χ1n) is 6.50. The molecule has 17 heavy (non-hydrogen) atoms. The first-order valence-corrected chi connectivity index (χ1v) is 6.50. The van der Waals surface area contributed by atoms with Crippen LogP contribution in [0.2, 0.25) is 0 Å². The quantitative estimate of drug-likeness (QED) is 0.828. The summed E-state index contributed by atoms with van der Waals surface area (Å²) in [5.41, 5.74) is 2.64. The van der Waals surface area contributed by atoms with Gasteiger partial charge in [-0.25, -0.2) is 0 Å². The van der Waals surface area contributed by atoms with E-state index in [-0.39, 0.29) is 0 Å². The fourth-order valence-corrected chi connectivity index (χ4v) is 2.05. The topological polar surface area (TPSA) is 27.8 Å². The van der Waals surface area contributed by atoms with Gasteiger partial charge in [0.05, 0.1) is 0 Å². The molecule has 2 nitrogen and oxygen atoms in total. The van der Waals surface area contributed by atoms with Crippen LogP contribution in [0.15, 0.2) is 30.5 Å². The predicted molar refractivity (Wildman–Crippen MR) is 76.4 cm³/mol. The van der Waals surface area contributed by atoms with Gasteiger partial charge in [-0.3, -0.25) is 0 Å². The van der Waals surface area contributed by atoms with Crippen molar-refractivity contribution < 1.29 is 0 Å². The zero-order valence-electron chi connectivity index (χ0n) is 11.4. The maximum Gasteiger partial charge on any atom is 0.0454 e. The lowest BCUT2D eigenvalue weighted by molar-refractivity contribution is 0.542. The Balaban J connectivity index is 0.000000686. The third-order valence-corrected chi connectivity index (χ3v) is 2.75. The normalized spacial score (nSPS) is 12.0. The smallest absolute Gasteiger partial charge is 0.0454 e. The van der Waals surface area contributed by atoms with E-state index in [1.807, 2.05) is 27.1 Å². The molecule has 94 valence electrons. The van der Waals surface area contributed by atoms with Crippen molar-refractivity contribution in [3.8, 4) is 0 Å². The molecule has 2 aromatic rings. The Morgan fingerprint density at radius 1 is 1.24 bits per heavy atom. The Kier molecular flexibility index (Phi) is 5.78. The van der Waals surface area contributed by atoms with E-state index in [0.717, 1.165) is 13.0 Å². The van der Waals surface area contributed by atoms with E-state index in [2.05, 4.69) is 41.5 Å². The molecule has 1 aromatic heterocycles. The highest BCUT2D eigenvalue weighted by Crippen LogP contribution is 2.16. The second-order valence-electron chi connectivity index (χ2n) is 4.27. The van der Waals surface area contributed by atoms with Gasteiger partial charge in [0, 0.05) is 11.7 Å². The number of nitrogens with one attached hydrogen (secondary N) is 2. The largest absolute Gasteiger partial charge is 0.361 e. The van der Waals surface area contributed by atoms with Gasteiger partial charge < -0.3 is 10.3 Å². The summed E-state index contributed by atoms with van der Waals surface area (Å²) < 4.78 is 0. The lowest BCUT2D eigenvalue weighted by Gasteiger charge is -2.10. The maximum absolute atomic E-state index is 3.21. The van der Waals surface area contributed by atoms with Gasteiger partial charge in [-0.05, 0) is 55.1 Å². The van der Waals surface area contributed by atoms with Gasteiger partial charge in [0.15, 0.2) is 0 Å². The summed E-state index contributed by atoms with van der Waals surface area (Å²) in [7, 11) is 2.01. The minimum atomic E-state index is 0.686. The van der Waals surface area contributed by atoms with Crippen LogP contribution >= 0.6 is 0 Å². The summed E-state index contributed by atoms with van der Waals surface area (Å²) in [5, 5.41) is 4.52.